The molecule has 2 heterocycles. The van der Waals surface area contributed by atoms with Gasteiger partial charge in [0.15, 0.2) is 0 Å². The standard InChI is InChI=1S/C15H22N2O/c1-11(2)12-6-5-7-13(16-12)14(18)17-9-8-15(3,4)10-17/h5-7,11H,8-10H2,1-4H3. The first-order chi connectivity index (χ1) is 8.39. The summed E-state index contributed by atoms with van der Waals surface area (Å²) < 4.78 is 0. The average Bonchev–Trinajstić information content (AvgIpc) is 2.69. The molecule has 3 nitrogen and oxygen atoms in total. The molecule has 98 valence electrons. The van der Waals surface area contributed by atoms with E-state index in [-0.39, 0.29) is 11.3 Å². The minimum atomic E-state index is 0.0723. The molecule has 2 rings (SSSR count). The molecule has 1 amide bonds. The highest BCUT2D eigenvalue weighted by Gasteiger charge is 2.32. The molecule has 18 heavy (non-hydrogen) atoms. The van der Waals surface area contributed by atoms with Crippen molar-refractivity contribution in [3.63, 3.8) is 0 Å². The average molecular weight is 246 g/mol. The fourth-order valence-corrected chi connectivity index (χ4v) is 2.34. The lowest BCUT2D eigenvalue weighted by Crippen LogP contribution is -2.31. The van der Waals surface area contributed by atoms with E-state index < -0.39 is 0 Å². The second-order valence-corrected chi connectivity index (χ2v) is 6.24. The van der Waals surface area contributed by atoms with Crippen molar-refractivity contribution in [3.05, 3.63) is 29.6 Å². The van der Waals surface area contributed by atoms with Gasteiger partial charge in [-0.15, -0.1) is 0 Å². The van der Waals surface area contributed by atoms with E-state index in [1.165, 1.54) is 0 Å². The molecule has 0 radical (unpaired) electrons. The lowest BCUT2D eigenvalue weighted by Gasteiger charge is -2.19. The first-order valence-electron chi connectivity index (χ1n) is 6.65. The number of nitrogens with zero attached hydrogens (tertiary/aromatic N) is 2. The summed E-state index contributed by atoms with van der Waals surface area (Å²) in [6.07, 6.45) is 1.07. The van der Waals surface area contributed by atoms with Crippen LogP contribution in [0.4, 0.5) is 0 Å². The van der Waals surface area contributed by atoms with Gasteiger partial charge in [0.2, 0.25) is 0 Å². The Bertz CT molecular complexity index is 452. The van der Waals surface area contributed by atoms with Crippen LogP contribution in [0.3, 0.4) is 0 Å². The summed E-state index contributed by atoms with van der Waals surface area (Å²) in [5.74, 6) is 0.427. The number of hydrogen-bond donors (Lipinski definition) is 0. The summed E-state index contributed by atoms with van der Waals surface area (Å²) in [6, 6.07) is 5.73. The molecule has 1 fully saturated rings. The molecular weight excluding hydrogens is 224 g/mol. The van der Waals surface area contributed by atoms with Crippen LogP contribution in [0.25, 0.3) is 0 Å². The van der Waals surface area contributed by atoms with Crippen LogP contribution in [0.1, 0.15) is 56.2 Å². The highest BCUT2D eigenvalue weighted by molar-refractivity contribution is 5.92. The normalized spacial score (nSPS) is 18.4. The van der Waals surface area contributed by atoms with Crippen molar-refractivity contribution in [2.45, 2.75) is 40.0 Å². The Labute approximate surface area is 109 Å². The maximum absolute atomic E-state index is 12.4. The highest BCUT2D eigenvalue weighted by Crippen LogP contribution is 2.29. The smallest absolute Gasteiger partial charge is 0.272 e. The van der Waals surface area contributed by atoms with Gasteiger partial charge in [-0.1, -0.05) is 33.8 Å². The second-order valence-electron chi connectivity index (χ2n) is 6.24. The summed E-state index contributed by atoms with van der Waals surface area (Å²) in [6.45, 7) is 10.3. The summed E-state index contributed by atoms with van der Waals surface area (Å²) >= 11 is 0. The van der Waals surface area contributed by atoms with Gasteiger partial charge in [0.1, 0.15) is 5.69 Å². The maximum Gasteiger partial charge on any atom is 0.272 e. The quantitative estimate of drug-likeness (QED) is 0.803. The first kappa shape index (κ1) is 13.1. The zero-order valence-electron chi connectivity index (χ0n) is 11.7. The monoisotopic (exact) mass is 246 g/mol. The van der Waals surface area contributed by atoms with Crippen molar-refractivity contribution >= 4 is 5.91 Å². The van der Waals surface area contributed by atoms with Crippen LogP contribution in [-0.2, 0) is 0 Å². The Morgan fingerprint density at radius 1 is 1.39 bits per heavy atom. The van der Waals surface area contributed by atoms with Crippen LogP contribution in [0.15, 0.2) is 18.2 Å². The van der Waals surface area contributed by atoms with Crippen LogP contribution in [0.2, 0.25) is 0 Å². The van der Waals surface area contributed by atoms with Crippen LogP contribution in [0.5, 0.6) is 0 Å². The molecule has 0 unspecified atom stereocenters. The van der Waals surface area contributed by atoms with E-state index in [1.807, 2.05) is 23.1 Å². The molecule has 0 spiro atoms. The largest absolute Gasteiger partial charge is 0.337 e. The van der Waals surface area contributed by atoms with E-state index >= 15 is 0 Å². The summed E-state index contributed by atoms with van der Waals surface area (Å²) in [5, 5.41) is 0. The Kier molecular flexibility index (Phi) is 3.42. The number of amides is 1. The molecule has 0 bridgehead atoms. The van der Waals surface area contributed by atoms with E-state index in [0.717, 1.165) is 25.2 Å². The van der Waals surface area contributed by atoms with Crippen molar-refractivity contribution in [1.29, 1.82) is 0 Å². The maximum atomic E-state index is 12.4. The highest BCUT2D eigenvalue weighted by atomic mass is 16.2. The van der Waals surface area contributed by atoms with Crippen LogP contribution in [-0.4, -0.2) is 28.9 Å². The third-order valence-electron chi connectivity index (χ3n) is 3.55. The van der Waals surface area contributed by atoms with Gasteiger partial charge < -0.3 is 4.90 Å². The fraction of sp³-hybridized carbons (Fsp3) is 0.600. The lowest BCUT2D eigenvalue weighted by molar-refractivity contribution is 0.0772. The van der Waals surface area contributed by atoms with Gasteiger partial charge in [0.05, 0.1) is 0 Å². The zero-order chi connectivity index (χ0) is 13.3. The van der Waals surface area contributed by atoms with E-state index in [1.54, 1.807) is 0 Å². The van der Waals surface area contributed by atoms with E-state index in [0.29, 0.717) is 11.6 Å². The van der Waals surface area contributed by atoms with Gasteiger partial charge in [-0.3, -0.25) is 4.79 Å². The molecule has 0 atom stereocenters. The number of hydrogen-bond acceptors (Lipinski definition) is 2. The fourth-order valence-electron chi connectivity index (χ4n) is 2.34. The Balaban J connectivity index is 2.17. The lowest BCUT2D eigenvalue weighted by atomic mass is 9.93. The molecule has 1 aromatic rings. The molecule has 0 aliphatic carbocycles. The van der Waals surface area contributed by atoms with Gasteiger partial charge >= 0.3 is 0 Å². The number of rotatable bonds is 2. The molecule has 1 aromatic heterocycles. The predicted molar refractivity (Wildman–Crippen MR) is 72.6 cm³/mol. The van der Waals surface area contributed by atoms with Gasteiger partial charge in [-0.25, -0.2) is 4.98 Å². The molecule has 0 saturated carbocycles. The van der Waals surface area contributed by atoms with Crippen molar-refractivity contribution in [2.24, 2.45) is 5.41 Å². The third kappa shape index (κ3) is 2.71. The Hall–Kier alpha value is -1.38. The van der Waals surface area contributed by atoms with Crippen molar-refractivity contribution in [3.8, 4) is 0 Å². The first-order valence-corrected chi connectivity index (χ1v) is 6.65. The van der Waals surface area contributed by atoms with Crippen LogP contribution < -0.4 is 0 Å². The summed E-state index contributed by atoms with van der Waals surface area (Å²) in [7, 11) is 0. The SMILES string of the molecule is CC(C)c1cccc(C(=O)N2CCC(C)(C)C2)n1. The number of carbonyl (C=O) groups excluding carboxylic acids is 1. The van der Waals surface area contributed by atoms with E-state index in [4.69, 9.17) is 0 Å². The Morgan fingerprint density at radius 2 is 2.11 bits per heavy atom. The molecule has 0 aromatic carbocycles. The third-order valence-corrected chi connectivity index (χ3v) is 3.55. The number of pyridine rings is 1. The summed E-state index contributed by atoms with van der Waals surface area (Å²) in [4.78, 5) is 18.8. The minimum Gasteiger partial charge on any atom is -0.337 e. The molecule has 0 N–H and O–H groups in total. The topological polar surface area (TPSA) is 33.2 Å². The Morgan fingerprint density at radius 3 is 2.67 bits per heavy atom. The minimum absolute atomic E-state index is 0.0723. The van der Waals surface area contributed by atoms with Gasteiger partial charge in [0.25, 0.3) is 5.91 Å². The van der Waals surface area contributed by atoms with Crippen LogP contribution >= 0.6 is 0 Å². The van der Waals surface area contributed by atoms with E-state index in [9.17, 15) is 4.79 Å². The van der Waals surface area contributed by atoms with Gasteiger partial charge in [-0.05, 0) is 29.9 Å². The number of aromatic nitrogens is 1. The van der Waals surface area contributed by atoms with Crippen molar-refractivity contribution in [1.82, 2.24) is 9.88 Å². The van der Waals surface area contributed by atoms with Crippen LogP contribution in [0, 0.1) is 5.41 Å². The number of carbonyl (C=O) groups is 1. The molecule has 3 heteroatoms. The van der Waals surface area contributed by atoms with Gasteiger partial charge in [-0.2, -0.15) is 0 Å². The molecule has 1 saturated heterocycles. The van der Waals surface area contributed by atoms with E-state index in [2.05, 4.69) is 32.7 Å². The second kappa shape index (κ2) is 4.71. The molecular formula is C15H22N2O. The number of likely N-dealkylation sites (tertiary alicyclic amines) is 1. The predicted octanol–water partition coefficient (Wildman–Crippen LogP) is 3.08. The van der Waals surface area contributed by atoms with Gasteiger partial charge in [0, 0.05) is 18.8 Å². The zero-order valence-corrected chi connectivity index (χ0v) is 11.7. The molecule has 1 aliphatic rings. The van der Waals surface area contributed by atoms with Crippen molar-refractivity contribution in [2.75, 3.05) is 13.1 Å². The van der Waals surface area contributed by atoms with Crippen molar-refractivity contribution < 1.29 is 4.79 Å². The summed E-state index contributed by atoms with van der Waals surface area (Å²) in [5.41, 5.74) is 1.81. The molecule has 1 aliphatic heterocycles.